The maximum Gasteiger partial charge on any atom is 0.104 e. The maximum atomic E-state index is 5.86. The van der Waals surface area contributed by atoms with Gasteiger partial charge in [-0.25, -0.2) is 0 Å². The molecule has 0 amide bonds. The molecule has 2 fully saturated rings. The van der Waals surface area contributed by atoms with Crippen LogP contribution in [0.15, 0.2) is 0 Å². The Hall–Kier alpha value is -0.0800. The molecular weight excluding hydrogens is 222 g/mol. The van der Waals surface area contributed by atoms with Crippen molar-refractivity contribution in [3.05, 3.63) is 0 Å². The molecule has 1 saturated heterocycles. The highest BCUT2D eigenvalue weighted by Gasteiger charge is 2.36. The average molecular weight is 254 g/mol. The van der Waals surface area contributed by atoms with Gasteiger partial charge in [-0.1, -0.05) is 20.8 Å². The summed E-state index contributed by atoms with van der Waals surface area (Å²) >= 11 is 0. The summed E-state index contributed by atoms with van der Waals surface area (Å²) in [6.45, 7) is 14.1. The van der Waals surface area contributed by atoms with Crippen LogP contribution < -0.4 is 4.90 Å². The molecule has 2 heteroatoms. The van der Waals surface area contributed by atoms with Crippen LogP contribution in [-0.2, 0) is 4.74 Å². The lowest BCUT2D eigenvalue weighted by molar-refractivity contribution is -0.940. The van der Waals surface area contributed by atoms with Gasteiger partial charge in [0.2, 0.25) is 0 Å². The number of rotatable bonds is 1. The van der Waals surface area contributed by atoms with Crippen molar-refractivity contribution in [2.24, 2.45) is 11.3 Å². The van der Waals surface area contributed by atoms with Gasteiger partial charge in [-0.05, 0) is 50.9 Å². The summed E-state index contributed by atoms with van der Waals surface area (Å²) in [5.74, 6) is 0.934. The highest BCUT2D eigenvalue weighted by Crippen LogP contribution is 2.37. The van der Waals surface area contributed by atoms with Gasteiger partial charge < -0.3 is 9.64 Å². The molecule has 2 nitrogen and oxygen atoms in total. The van der Waals surface area contributed by atoms with Crippen LogP contribution in [0.3, 0.4) is 0 Å². The Morgan fingerprint density at radius 3 is 1.83 bits per heavy atom. The lowest BCUT2D eigenvalue weighted by atomic mass is 9.71. The first-order valence-electron chi connectivity index (χ1n) is 7.86. The van der Waals surface area contributed by atoms with Crippen molar-refractivity contribution in [3.8, 4) is 0 Å². The van der Waals surface area contributed by atoms with Gasteiger partial charge in [0.25, 0.3) is 0 Å². The van der Waals surface area contributed by atoms with E-state index in [0.717, 1.165) is 12.0 Å². The molecule has 0 unspecified atom stereocenters. The predicted molar refractivity (Wildman–Crippen MR) is 75.9 cm³/mol. The zero-order valence-electron chi connectivity index (χ0n) is 13.0. The second kappa shape index (κ2) is 5.50. The molecule has 1 N–H and O–H groups in total. The minimum atomic E-state index is 0.448. The quantitative estimate of drug-likeness (QED) is 0.758. The minimum absolute atomic E-state index is 0.448. The predicted octanol–water partition coefficient (Wildman–Crippen LogP) is 2.28. The van der Waals surface area contributed by atoms with Crippen molar-refractivity contribution in [2.75, 3.05) is 13.1 Å². The number of morpholine rings is 1. The smallest absolute Gasteiger partial charge is 0.104 e. The first-order valence-corrected chi connectivity index (χ1v) is 7.86. The van der Waals surface area contributed by atoms with Gasteiger partial charge in [0.15, 0.2) is 0 Å². The number of nitrogens with one attached hydrogen (secondary N) is 1. The summed E-state index contributed by atoms with van der Waals surface area (Å²) in [5.41, 5.74) is 0.506. The summed E-state index contributed by atoms with van der Waals surface area (Å²) in [6.07, 6.45) is 6.61. The van der Waals surface area contributed by atoms with Crippen molar-refractivity contribution in [3.63, 3.8) is 0 Å². The monoisotopic (exact) mass is 254 g/mol. The molecule has 1 saturated carbocycles. The molecule has 0 bridgehead atoms. The molecule has 18 heavy (non-hydrogen) atoms. The van der Waals surface area contributed by atoms with Crippen LogP contribution in [0, 0.1) is 11.3 Å². The van der Waals surface area contributed by atoms with E-state index >= 15 is 0 Å². The van der Waals surface area contributed by atoms with Crippen LogP contribution in [0.4, 0.5) is 0 Å². The van der Waals surface area contributed by atoms with Crippen molar-refractivity contribution < 1.29 is 9.64 Å². The van der Waals surface area contributed by atoms with Crippen LogP contribution >= 0.6 is 0 Å². The van der Waals surface area contributed by atoms with E-state index in [4.69, 9.17) is 4.74 Å². The SMILES string of the molecule is C[C@H]1C[NH+](C2CCC(C(C)(C)C)CC2)C[C@H](C)O1. The number of hydrogen-bond acceptors (Lipinski definition) is 1. The average Bonchev–Trinajstić information content (AvgIpc) is 2.27. The van der Waals surface area contributed by atoms with Crippen LogP contribution in [0.25, 0.3) is 0 Å². The van der Waals surface area contributed by atoms with Crippen molar-refractivity contribution in [1.29, 1.82) is 0 Å². The van der Waals surface area contributed by atoms with E-state index in [0.29, 0.717) is 17.6 Å². The molecule has 0 spiro atoms. The van der Waals surface area contributed by atoms with Crippen LogP contribution in [0.1, 0.15) is 60.3 Å². The molecule has 1 aliphatic heterocycles. The highest BCUT2D eigenvalue weighted by molar-refractivity contribution is 4.81. The molecular formula is C16H32NO+. The fourth-order valence-electron chi connectivity index (χ4n) is 4.02. The minimum Gasteiger partial charge on any atom is -0.364 e. The molecule has 0 aromatic rings. The summed E-state index contributed by atoms with van der Waals surface area (Å²) < 4.78 is 5.86. The molecule has 1 aliphatic carbocycles. The highest BCUT2D eigenvalue weighted by atomic mass is 16.5. The van der Waals surface area contributed by atoms with Crippen LogP contribution in [-0.4, -0.2) is 31.3 Å². The standard InChI is InChI=1S/C16H31NO/c1-12-10-17(11-13(2)18-12)15-8-6-14(7-9-15)16(3,4)5/h12-15H,6-11H2,1-5H3/p+1/t12-,13-,14?,15?/m0/s1. The van der Waals surface area contributed by atoms with Gasteiger partial charge in [-0.2, -0.15) is 0 Å². The van der Waals surface area contributed by atoms with Crippen molar-refractivity contribution >= 4 is 0 Å². The van der Waals surface area contributed by atoms with Gasteiger partial charge >= 0.3 is 0 Å². The molecule has 106 valence electrons. The summed E-state index contributed by atoms with van der Waals surface area (Å²) in [6, 6.07) is 0.900. The summed E-state index contributed by atoms with van der Waals surface area (Å²) in [4.78, 5) is 1.81. The van der Waals surface area contributed by atoms with Gasteiger partial charge in [0, 0.05) is 0 Å². The lowest BCUT2D eigenvalue weighted by Gasteiger charge is -2.42. The maximum absolute atomic E-state index is 5.86. The van der Waals surface area contributed by atoms with Gasteiger partial charge in [-0.15, -0.1) is 0 Å². The van der Waals surface area contributed by atoms with Crippen LogP contribution in [0.5, 0.6) is 0 Å². The topological polar surface area (TPSA) is 13.7 Å². The molecule has 0 aromatic carbocycles. The van der Waals surface area contributed by atoms with E-state index in [2.05, 4.69) is 34.6 Å². The Morgan fingerprint density at radius 1 is 0.889 bits per heavy atom. The zero-order chi connectivity index (χ0) is 13.3. The van der Waals surface area contributed by atoms with Crippen molar-refractivity contribution in [1.82, 2.24) is 0 Å². The third kappa shape index (κ3) is 3.48. The molecule has 1 heterocycles. The zero-order valence-corrected chi connectivity index (χ0v) is 13.0. The first-order chi connectivity index (χ1) is 8.36. The number of ether oxygens (including phenoxy) is 1. The first kappa shape index (κ1) is 14.3. The largest absolute Gasteiger partial charge is 0.364 e. The second-order valence-corrected chi connectivity index (χ2v) is 7.74. The second-order valence-electron chi connectivity index (χ2n) is 7.74. The van der Waals surface area contributed by atoms with Gasteiger partial charge in [0.1, 0.15) is 25.3 Å². The normalized spacial score (nSPS) is 42.8. The van der Waals surface area contributed by atoms with E-state index in [1.807, 2.05) is 4.90 Å². The van der Waals surface area contributed by atoms with Gasteiger partial charge in [-0.3, -0.25) is 0 Å². The Balaban J connectivity index is 1.86. The Kier molecular flexibility index (Phi) is 4.38. The van der Waals surface area contributed by atoms with Crippen LogP contribution in [0.2, 0.25) is 0 Å². The third-order valence-corrected chi connectivity index (χ3v) is 5.09. The summed E-state index contributed by atoms with van der Waals surface area (Å²) in [5, 5.41) is 0. The molecule has 2 rings (SSSR count). The fourth-order valence-corrected chi connectivity index (χ4v) is 4.02. The third-order valence-electron chi connectivity index (χ3n) is 5.09. The Labute approximate surface area is 113 Å². The molecule has 0 radical (unpaired) electrons. The lowest BCUT2D eigenvalue weighted by Crippen LogP contribution is -3.19. The van der Waals surface area contributed by atoms with E-state index < -0.39 is 0 Å². The number of hydrogen-bond donors (Lipinski definition) is 1. The van der Waals surface area contributed by atoms with E-state index in [-0.39, 0.29) is 0 Å². The molecule has 0 aromatic heterocycles. The molecule has 2 aliphatic rings. The van der Waals surface area contributed by atoms with E-state index in [1.54, 1.807) is 0 Å². The summed E-state index contributed by atoms with van der Waals surface area (Å²) in [7, 11) is 0. The molecule has 2 atom stereocenters. The number of quaternary nitrogens is 1. The van der Waals surface area contributed by atoms with Gasteiger partial charge in [0.05, 0.1) is 6.04 Å². The van der Waals surface area contributed by atoms with E-state index in [9.17, 15) is 0 Å². The Morgan fingerprint density at radius 2 is 1.39 bits per heavy atom. The van der Waals surface area contributed by atoms with Crippen molar-refractivity contribution in [2.45, 2.75) is 78.6 Å². The fraction of sp³-hybridized carbons (Fsp3) is 1.00. The Bertz CT molecular complexity index is 253. The van der Waals surface area contributed by atoms with E-state index in [1.165, 1.54) is 38.8 Å².